The largest absolute Gasteiger partial charge is 0.492 e. The molecule has 9 heteroatoms. The van der Waals surface area contributed by atoms with Gasteiger partial charge in [0.15, 0.2) is 0 Å². The number of benzene rings is 2. The molecule has 0 saturated carbocycles. The molecule has 1 aliphatic heterocycles. The quantitative estimate of drug-likeness (QED) is 0.442. The summed E-state index contributed by atoms with van der Waals surface area (Å²) in [5.74, 6) is 0.566. The number of aromatic hydroxyl groups is 1. The van der Waals surface area contributed by atoms with Gasteiger partial charge in [-0.3, -0.25) is 4.90 Å². The first-order chi connectivity index (χ1) is 15.0. The van der Waals surface area contributed by atoms with E-state index in [1.165, 1.54) is 21.9 Å². The van der Waals surface area contributed by atoms with Gasteiger partial charge >= 0.3 is 0 Å². The van der Waals surface area contributed by atoms with Crippen LogP contribution in [0.25, 0.3) is 4.96 Å². The number of rotatable bonds is 4. The summed E-state index contributed by atoms with van der Waals surface area (Å²) in [7, 11) is 0. The van der Waals surface area contributed by atoms with Crippen molar-refractivity contribution >= 4 is 37.9 Å². The van der Waals surface area contributed by atoms with Crippen LogP contribution in [0.3, 0.4) is 0 Å². The molecule has 1 N–H and O–H groups in total. The van der Waals surface area contributed by atoms with Crippen molar-refractivity contribution in [3.63, 3.8) is 0 Å². The summed E-state index contributed by atoms with van der Waals surface area (Å²) < 4.78 is 16.8. The minimum absolute atomic E-state index is 0.130. The Morgan fingerprint density at radius 2 is 1.77 bits per heavy atom. The van der Waals surface area contributed by atoms with E-state index in [2.05, 4.69) is 47.9 Å². The van der Waals surface area contributed by atoms with Gasteiger partial charge in [-0.1, -0.05) is 51.5 Å². The minimum atomic E-state index is -0.195. The third-order valence-corrected chi connectivity index (χ3v) is 7.21. The Bertz CT molecular complexity index is 1220. The maximum atomic E-state index is 14.3. The molecule has 1 saturated heterocycles. The van der Waals surface area contributed by atoms with Crippen LogP contribution in [0.1, 0.15) is 22.3 Å². The van der Waals surface area contributed by atoms with Crippen molar-refractivity contribution in [1.82, 2.24) is 19.5 Å². The first-order valence-corrected chi connectivity index (χ1v) is 11.7. The highest BCUT2D eigenvalue weighted by molar-refractivity contribution is 9.10. The molecule has 0 spiro atoms. The molecular formula is C22H21BrFN5OS. The van der Waals surface area contributed by atoms with Crippen LogP contribution in [0.15, 0.2) is 53.0 Å². The first-order valence-electron chi connectivity index (χ1n) is 10.1. The van der Waals surface area contributed by atoms with Gasteiger partial charge in [-0.25, -0.2) is 9.37 Å². The Morgan fingerprint density at radius 1 is 1.06 bits per heavy atom. The van der Waals surface area contributed by atoms with E-state index < -0.39 is 0 Å². The SMILES string of the molecule is Cc1nc2sc(C(c3ccc(Br)cc3)N3CCN(c4ccccc4F)CC3)c(O)n2n1. The zero-order chi connectivity index (χ0) is 21.5. The number of hydrogen-bond acceptors (Lipinski definition) is 6. The number of hydrogen-bond donors (Lipinski definition) is 1. The fourth-order valence-corrected chi connectivity index (χ4v) is 5.56. The van der Waals surface area contributed by atoms with E-state index >= 15 is 0 Å². The summed E-state index contributed by atoms with van der Waals surface area (Å²) in [6, 6.07) is 14.9. The first kappa shape index (κ1) is 20.4. The number of para-hydroxylation sites is 1. The third kappa shape index (κ3) is 3.81. The molecule has 1 fully saturated rings. The van der Waals surface area contributed by atoms with Gasteiger partial charge < -0.3 is 10.0 Å². The summed E-state index contributed by atoms with van der Waals surface area (Å²) in [6.07, 6.45) is 0. The summed E-state index contributed by atoms with van der Waals surface area (Å²) in [6.45, 7) is 4.69. The fraction of sp³-hybridized carbons (Fsp3) is 0.273. The number of fused-ring (bicyclic) bond motifs is 1. The van der Waals surface area contributed by atoms with Crippen molar-refractivity contribution in [2.45, 2.75) is 13.0 Å². The Hall–Kier alpha value is -2.49. The monoisotopic (exact) mass is 501 g/mol. The number of anilines is 1. The van der Waals surface area contributed by atoms with Gasteiger partial charge in [-0.2, -0.15) is 4.52 Å². The molecule has 160 valence electrons. The average molecular weight is 502 g/mol. The maximum Gasteiger partial charge on any atom is 0.230 e. The zero-order valence-corrected chi connectivity index (χ0v) is 19.3. The molecule has 6 nitrogen and oxygen atoms in total. The molecule has 0 amide bonds. The van der Waals surface area contributed by atoms with Crippen LogP contribution in [0.4, 0.5) is 10.1 Å². The van der Waals surface area contributed by atoms with Gasteiger partial charge in [-0.05, 0) is 36.8 Å². The third-order valence-electron chi connectivity index (χ3n) is 5.61. The van der Waals surface area contributed by atoms with Crippen LogP contribution in [-0.2, 0) is 0 Å². The van der Waals surface area contributed by atoms with Crippen LogP contribution >= 0.6 is 27.3 Å². The molecule has 1 atom stereocenters. The molecule has 1 unspecified atom stereocenters. The minimum Gasteiger partial charge on any atom is -0.492 e. The van der Waals surface area contributed by atoms with Crippen LogP contribution in [-0.4, -0.2) is 50.8 Å². The maximum absolute atomic E-state index is 14.3. The highest BCUT2D eigenvalue weighted by Crippen LogP contribution is 2.40. The highest BCUT2D eigenvalue weighted by Gasteiger charge is 2.32. The second-order valence-electron chi connectivity index (χ2n) is 7.57. The normalized spacial score (nSPS) is 16.2. The lowest BCUT2D eigenvalue weighted by Crippen LogP contribution is -2.48. The summed E-state index contributed by atoms with van der Waals surface area (Å²) in [5.41, 5.74) is 1.72. The van der Waals surface area contributed by atoms with E-state index in [9.17, 15) is 9.50 Å². The molecule has 1 aliphatic rings. The van der Waals surface area contributed by atoms with Crippen LogP contribution in [0, 0.1) is 12.7 Å². The Labute approximate surface area is 191 Å². The predicted octanol–water partition coefficient (Wildman–Crippen LogP) is 4.62. The molecule has 31 heavy (non-hydrogen) atoms. The second-order valence-corrected chi connectivity index (χ2v) is 9.50. The van der Waals surface area contributed by atoms with E-state index in [0.717, 1.165) is 28.0 Å². The van der Waals surface area contributed by atoms with Gasteiger partial charge in [-0.15, -0.1) is 5.10 Å². The predicted molar refractivity (Wildman–Crippen MR) is 123 cm³/mol. The van der Waals surface area contributed by atoms with Crippen molar-refractivity contribution in [2.24, 2.45) is 0 Å². The van der Waals surface area contributed by atoms with Gasteiger partial charge in [0.25, 0.3) is 0 Å². The molecule has 2 aromatic heterocycles. The van der Waals surface area contributed by atoms with Crippen molar-refractivity contribution in [2.75, 3.05) is 31.1 Å². The Morgan fingerprint density at radius 3 is 2.45 bits per heavy atom. The van der Waals surface area contributed by atoms with Crippen molar-refractivity contribution in [1.29, 1.82) is 0 Å². The lowest BCUT2D eigenvalue weighted by atomic mass is 10.0. The van der Waals surface area contributed by atoms with E-state index in [1.807, 2.05) is 31.2 Å². The summed E-state index contributed by atoms with van der Waals surface area (Å²) >= 11 is 4.96. The topological polar surface area (TPSA) is 56.9 Å². The molecule has 3 heterocycles. The van der Waals surface area contributed by atoms with Crippen molar-refractivity contribution < 1.29 is 9.50 Å². The smallest absolute Gasteiger partial charge is 0.230 e. The van der Waals surface area contributed by atoms with Crippen LogP contribution < -0.4 is 4.90 Å². The Kier molecular flexibility index (Phi) is 5.41. The number of thiazole rings is 1. The summed E-state index contributed by atoms with van der Waals surface area (Å²) in [4.78, 5) is 10.3. The van der Waals surface area contributed by atoms with Crippen LogP contribution in [0.5, 0.6) is 5.88 Å². The molecule has 0 aliphatic carbocycles. The molecule has 4 aromatic rings. The fourth-order valence-electron chi connectivity index (χ4n) is 4.13. The number of aryl methyl sites for hydroxylation is 1. The molecule has 0 radical (unpaired) electrons. The highest BCUT2D eigenvalue weighted by atomic mass is 79.9. The van der Waals surface area contributed by atoms with E-state index in [0.29, 0.717) is 29.6 Å². The van der Waals surface area contributed by atoms with Crippen LogP contribution in [0.2, 0.25) is 0 Å². The molecule has 2 aromatic carbocycles. The lowest BCUT2D eigenvalue weighted by molar-refractivity contribution is 0.210. The van der Waals surface area contributed by atoms with Gasteiger partial charge in [0.05, 0.1) is 16.6 Å². The number of halogens is 2. The summed E-state index contributed by atoms with van der Waals surface area (Å²) in [5, 5.41) is 15.3. The molecule has 5 rings (SSSR count). The molecular weight excluding hydrogens is 481 g/mol. The van der Waals surface area contributed by atoms with Crippen molar-refractivity contribution in [3.05, 3.63) is 75.1 Å². The van der Waals surface area contributed by atoms with Crippen molar-refractivity contribution in [3.8, 4) is 5.88 Å². The van der Waals surface area contributed by atoms with Gasteiger partial charge in [0.2, 0.25) is 10.8 Å². The molecule has 0 bridgehead atoms. The lowest BCUT2D eigenvalue weighted by Gasteiger charge is -2.40. The Balaban J connectivity index is 1.48. The van der Waals surface area contributed by atoms with Gasteiger partial charge in [0, 0.05) is 30.7 Å². The second kappa shape index (κ2) is 8.22. The number of nitrogens with zero attached hydrogens (tertiary/aromatic N) is 5. The zero-order valence-electron chi connectivity index (χ0n) is 16.9. The average Bonchev–Trinajstić information content (AvgIpc) is 3.28. The number of aromatic nitrogens is 3. The van der Waals surface area contributed by atoms with E-state index in [4.69, 9.17) is 0 Å². The number of piperazine rings is 1. The van der Waals surface area contributed by atoms with E-state index in [1.54, 1.807) is 6.07 Å². The van der Waals surface area contributed by atoms with Gasteiger partial charge in [0.1, 0.15) is 11.6 Å². The standard InChI is InChI=1S/C22H21BrFN5OS/c1-14-25-22-29(26-14)21(30)20(31-22)19(15-6-8-16(23)9-7-15)28-12-10-27(11-13-28)18-5-3-2-4-17(18)24/h2-9,19,30H,10-13H2,1H3. The van der Waals surface area contributed by atoms with E-state index in [-0.39, 0.29) is 17.7 Å².